The minimum absolute atomic E-state index is 0.204. The number of hydrogen-bond acceptors (Lipinski definition) is 6. The van der Waals surface area contributed by atoms with Crippen LogP contribution in [0.1, 0.15) is 44.4 Å². The summed E-state index contributed by atoms with van der Waals surface area (Å²) in [6.07, 6.45) is 5.15. The Bertz CT molecular complexity index is 1170. The highest BCUT2D eigenvalue weighted by molar-refractivity contribution is 5.50. The molecule has 1 saturated heterocycles. The Balaban J connectivity index is 0.000000302. The van der Waals surface area contributed by atoms with Crippen molar-refractivity contribution in [1.82, 2.24) is 19.1 Å². The van der Waals surface area contributed by atoms with Crippen molar-refractivity contribution in [2.45, 2.75) is 51.7 Å². The van der Waals surface area contributed by atoms with Gasteiger partial charge in [-0.1, -0.05) is 50.1 Å². The van der Waals surface area contributed by atoms with Crippen molar-refractivity contribution in [2.75, 3.05) is 26.7 Å². The summed E-state index contributed by atoms with van der Waals surface area (Å²) >= 11 is 0. The van der Waals surface area contributed by atoms with Crippen LogP contribution in [-0.4, -0.2) is 67.9 Å². The van der Waals surface area contributed by atoms with E-state index in [0.29, 0.717) is 30.5 Å². The molecular formula is C27H36N4O4. The van der Waals surface area contributed by atoms with E-state index in [-0.39, 0.29) is 18.7 Å². The molecule has 1 aromatic carbocycles. The zero-order valence-electron chi connectivity index (χ0n) is 20.9. The van der Waals surface area contributed by atoms with E-state index in [2.05, 4.69) is 21.8 Å². The second-order valence-electron chi connectivity index (χ2n) is 8.26. The van der Waals surface area contributed by atoms with Gasteiger partial charge in [0.25, 0.3) is 5.56 Å². The van der Waals surface area contributed by atoms with Crippen molar-refractivity contribution < 1.29 is 15.0 Å². The molecular weight excluding hydrogens is 444 g/mol. The fourth-order valence-corrected chi connectivity index (χ4v) is 3.75. The van der Waals surface area contributed by atoms with Gasteiger partial charge in [-0.2, -0.15) is 5.10 Å². The van der Waals surface area contributed by atoms with Gasteiger partial charge in [-0.15, -0.1) is 0 Å². The quantitative estimate of drug-likeness (QED) is 0.429. The summed E-state index contributed by atoms with van der Waals surface area (Å²) in [5, 5.41) is 23.7. The first-order valence-electron chi connectivity index (χ1n) is 12.0. The summed E-state index contributed by atoms with van der Waals surface area (Å²) in [6, 6.07) is 13.4. The topological polar surface area (TPSA) is 100 Å². The molecule has 2 N–H and O–H groups in total. The molecule has 3 aromatic rings. The maximum atomic E-state index is 12.6. The fourth-order valence-electron chi connectivity index (χ4n) is 3.75. The number of aliphatic hydroxyl groups is 2. The van der Waals surface area contributed by atoms with Crippen LogP contribution in [0.3, 0.4) is 0 Å². The van der Waals surface area contributed by atoms with Crippen molar-refractivity contribution in [3.8, 4) is 11.8 Å². The first-order chi connectivity index (χ1) is 17.0. The van der Waals surface area contributed by atoms with E-state index in [9.17, 15) is 14.7 Å². The van der Waals surface area contributed by atoms with Crippen LogP contribution in [0, 0.1) is 11.8 Å². The Morgan fingerprint density at radius 1 is 1.11 bits per heavy atom. The van der Waals surface area contributed by atoms with Crippen LogP contribution in [-0.2, 0) is 17.8 Å². The summed E-state index contributed by atoms with van der Waals surface area (Å²) in [7, 11) is 2.02. The van der Waals surface area contributed by atoms with Gasteiger partial charge in [0.05, 0.1) is 12.1 Å². The lowest BCUT2D eigenvalue weighted by atomic mass is 9.91. The van der Waals surface area contributed by atoms with Crippen LogP contribution in [0.2, 0.25) is 0 Å². The summed E-state index contributed by atoms with van der Waals surface area (Å²) in [5.41, 5.74) is 1.12. The lowest BCUT2D eigenvalue weighted by Crippen LogP contribution is -2.47. The lowest BCUT2D eigenvalue weighted by Gasteiger charge is -2.36. The number of aldehydes is 1. The average molecular weight is 481 g/mol. The van der Waals surface area contributed by atoms with Crippen molar-refractivity contribution in [1.29, 1.82) is 0 Å². The zero-order valence-corrected chi connectivity index (χ0v) is 20.9. The molecule has 0 radical (unpaired) electrons. The Morgan fingerprint density at radius 2 is 1.80 bits per heavy atom. The van der Waals surface area contributed by atoms with Crippen molar-refractivity contribution in [2.24, 2.45) is 0 Å². The number of likely N-dealkylation sites (tertiary alicyclic amines) is 1. The molecule has 188 valence electrons. The van der Waals surface area contributed by atoms with Gasteiger partial charge >= 0.3 is 0 Å². The summed E-state index contributed by atoms with van der Waals surface area (Å²) < 4.78 is 2.92. The largest absolute Gasteiger partial charge is 0.388 e. The molecule has 0 amide bonds. The highest BCUT2D eigenvalue weighted by Gasteiger charge is 2.32. The maximum absolute atomic E-state index is 12.6. The third-order valence-corrected chi connectivity index (χ3v) is 5.71. The molecule has 3 heterocycles. The third kappa shape index (κ3) is 8.18. The monoisotopic (exact) mass is 480 g/mol. The van der Waals surface area contributed by atoms with Crippen LogP contribution in [0.15, 0.2) is 53.6 Å². The van der Waals surface area contributed by atoms with Gasteiger partial charge in [0.2, 0.25) is 0 Å². The van der Waals surface area contributed by atoms with E-state index in [1.165, 1.54) is 21.0 Å². The van der Waals surface area contributed by atoms with Gasteiger partial charge < -0.3 is 19.9 Å². The first-order valence-corrected chi connectivity index (χ1v) is 12.0. The number of nitrogens with zero attached hydrogens (tertiary/aromatic N) is 4. The lowest BCUT2D eigenvalue weighted by molar-refractivity contribution is -0.107. The van der Waals surface area contributed by atoms with Gasteiger partial charge in [-0.3, -0.25) is 9.36 Å². The Kier molecular flexibility index (Phi) is 11.4. The molecule has 1 aliphatic rings. The number of carbonyl (C=O) groups excluding carboxylic acids is 1. The highest BCUT2D eigenvalue weighted by Crippen LogP contribution is 2.22. The number of rotatable bonds is 5. The number of carbonyl (C=O) groups is 1. The number of aryl methyl sites for hydroxylation is 1. The average Bonchev–Trinajstić information content (AvgIpc) is 3.31. The number of hydrogen-bond donors (Lipinski definition) is 2. The van der Waals surface area contributed by atoms with Crippen LogP contribution in [0.5, 0.6) is 0 Å². The van der Waals surface area contributed by atoms with Gasteiger partial charge in [0, 0.05) is 19.5 Å². The molecule has 35 heavy (non-hydrogen) atoms. The van der Waals surface area contributed by atoms with Crippen molar-refractivity contribution >= 4 is 11.8 Å². The highest BCUT2D eigenvalue weighted by atomic mass is 16.3. The predicted octanol–water partition coefficient (Wildman–Crippen LogP) is 2.14. The Hall–Kier alpha value is -3.25. The molecule has 1 aliphatic heterocycles. The van der Waals surface area contributed by atoms with Gasteiger partial charge in [0.15, 0.2) is 0 Å². The number of benzene rings is 1. The van der Waals surface area contributed by atoms with Crippen molar-refractivity contribution in [3.05, 3.63) is 70.4 Å². The Labute approximate surface area is 206 Å². The molecule has 0 bridgehead atoms. The molecule has 0 spiro atoms. The maximum Gasteiger partial charge on any atom is 0.277 e. The minimum Gasteiger partial charge on any atom is -0.388 e. The standard InChI is InChI=1S/C16H20N4O3.C9H10O.C2H6/c1-18-8-6-16(23,7-9-18)11-19-12-17-20-13(3-2-10-21)4-5-14(20)15(19)22;10-8-4-7-9-5-2-1-3-6-9;1-2/h4-5,12,21,23H,6-11H2,1H3;1-3,5-6,8H,4,7H2;1-2H3. The normalized spacial score (nSPS) is 14.5. The van der Waals surface area contributed by atoms with Crippen LogP contribution in [0.25, 0.3) is 5.52 Å². The molecule has 2 aromatic heterocycles. The molecule has 1 fully saturated rings. The van der Waals surface area contributed by atoms with Crippen LogP contribution < -0.4 is 5.56 Å². The smallest absolute Gasteiger partial charge is 0.277 e. The van der Waals surface area contributed by atoms with E-state index < -0.39 is 5.60 Å². The van der Waals surface area contributed by atoms with E-state index in [1.807, 2.05) is 51.2 Å². The van der Waals surface area contributed by atoms with E-state index >= 15 is 0 Å². The van der Waals surface area contributed by atoms with E-state index in [4.69, 9.17) is 5.11 Å². The second kappa shape index (κ2) is 14.2. The summed E-state index contributed by atoms with van der Waals surface area (Å²) in [4.78, 5) is 24.7. The summed E-state index contributed by atoms with van der Waals surface area (Å²) in [5.74, 6) is 5.30. The predicted molar refractivity (Wildman–Crippen MR) is 137 cm³/mol. The fraction of sp³-hybridized carbons (Fsp3) is 0.444. The Morgan fingerprint density at radius 3 is 2.43 bits per heavy atom. The number of aromatic nitrogens is 3. The molecule has 0 saturated carbocycles. The summed E-state index contributed by atoms with van der Waals surface area (Å²) in [6.45, 7) is 5.62. The molecule has 0 unspecified atom stereocenters. The first kappa shape index (κ1) is 28.0. The van der Waals surface area contributed by atoms with Gasteiger partial charge in [0.1, 0.15) is 30.4 Å². The van der Waals surface area contributed by atoms with Crippen LogP contribution >= 0.6 is 0 Å². The second-order valence-corrected chi connectivity index (χ2v) is 8.26. The zero-order chi connectivity index (χ0) is 25.7. The minimum atomic E-state index is -0.873. The van der Waals surface area contributed by atoms with Gasteiger partial charge in [-0.05, 0) is 49.9 Å². The van der Waals surface area contributed by atoms with Gasteiger partial charge in [-0.25, -0.2) is 4.52 Å². The molecule has 8 nitrogen and oxygen atoms in total. The molecule has 0 atom stereocenters. The van der Waals surface area contributed by atoms with E-state index in [1.54, 1.807) is 12.1 Å². The molecule has 8 heteroatoms. The molecule has 0 aliphatic carbocycles. The van der Waals surface area contributed by atoms with Crippen LogP contribution in [0.4, 0.5) is 0 Å². The number of aliphatic hydroxyl groups excluding tert-OH is 1. The SMILES string of the molecule is CC.CN1CCC(O)(Cn2cnn3c(C#CCO)ccc3c2=O)CC1.O=CCCc1ccccc1. The van der Waals surface area contributed by atoms with E-state index in [0.717, 1.165) is 25.8 Å². The third-order valence-electron chi connectivity index (χ3n) is 5.71. The molecule has 4 rings (SSSR count). The number of piperidine rings is 1. The van der Waals surface area contributed by atoms with Crippen molar-refractivity contribution in [3.63, 3.8) is 0 Å². The number of fused-ring (bicyclic) bond motifs is 1.